The standard InChI is InChI=1S/C17H17N5O2.ClH/c18-15-12-4-1-2-5-13(12)19-17(20-15)22-9-7-21(8-10-22)16(23)14-6-3-11-24-14;/h1-6,11H,7-10H2,(H2,18,19,20);1H/p-1. The first-order valence-corrected chi connectivity index (χ1v) is 7.82. The second kappa shape index (κ2) is 6.98. The number of nitrogens with two attached hydrogens (primary N) is 1. The Balaban J connectivity index is 0.00000182. The van der Waals surface area contributed by atoms with Gasteiger partial charge in [-0.1, -0.05) is 12.1 Å². The first-order chi connectivity index (χ1) is 11.7. The summed E-state index contributed by atoms with van der Waals surface area (Å²) in [4.78, 5) is 25.1. The zero-order valence-electron chi connectivity index (χ0n) is 13.4. The van der Waals surface area contributed by atoms with Crippen molar-refractivity contribution in [3.05, 3.63) is 48.4 Å². The van der Waals surface area contributed by atoms with Gasteiger partial charge in [-0.3, -0.25) is 4.79 Å². The molecule has 0 unspecified atom stereocenters. The summed E-state index contributed by atoms with van der Waals surface area (Å²) < 4.78 is 5.18. The van der Waals surface area contributed by atoms with Gasteiger partial charge in [0, 0.05) is 31.6 Å². The summed E-state index contributed by atoms with van der Waals surface area (Å²) in [5.41, 5.74) is 6.88. The van der Waals surface area contributed by atoms with Crippen molar-refractivity contribution < 1.29 is 21.6 Å². The van der Waals surface area contributed by atoms with Crippen LogP contribution in [0.25, 0.3) is 10.9 Å². The number of fused-ring (bicyclic) bond motifs is 1. The molecule has 25 heavy (non-hydrogen) atoms. The number of nitrogen functional groups attached to an aromatic ring is 1. The van der Waals surface area contributed by atoms with Crippen LogP contribution in [-0.4, -0.2) is 47.0 Å². The van der Waals surface area contributed by atoms with E-state index in [2.05, 4.69) is 14.9 Å². The van der Waals surface area contributed by atoms with Crippen molar-refractivity contribution in [3.8, 4) is 0 Å². The zero-order chi connectivity index (χ0) is 16.5. The Morgan fingerprint density at radius 1 is 1.04 bits per heavy atom. The van der Waals surface area contributed by atoms with E-state index in [0.717, 1.165) is 10.9 Å². The molecule has 2 aromatic heterocycles. The van der Waals surface area contributed by atoms with Crippen LogP contribution in [0.15, 0.2) is 47.1 Å². The van der Waals surface area contributed by atoms with Crippen LogP contribution >= 0.6 is 0 Å². The third kappa shape index (κ3) is 3.23. The van der Waals surface area contributed by atoms with E-state index in [9.17, 15) is 4.79 Å². The van der Waals surface area contributed by atoms with Gasteiger partial charge >= 0.3 is 0 Å². The molecule has 7 nitrogen and oxygen atoms in total. The predicted octanol–water partition coefficient (Wildman–Crippen LogP) is -1.23. The minimum Gasteiger partial charge on any atom is -1.00 e. The molecule has 1 saturated heterocycles. The largest absolute Gasteiger partial charge is 1.00 e. The fraction of sp³-hybridized carbons (Fsp3) is 0.235. The molecule has 0 radical (unpaired) electrons. The summed E-state index contributed by atoms with van der Waals surface area (Å²) in [5, 5.41) is 0.855. The van der Waals surface area contributed by atoms with E-state index in [1.54, 1.807) is 17.0 Å². The smallest absolute Gasteiger partial charge is 0.289 e. The monoisotopic (exact) mass is 358 g/mol. The molecule has 1 aromatic carbocycles. The van der Waals surface area contributed by atoms with Crippen molar-refractivity contribution in [2.75, 3.05) is 36.8 Å². The van der Waals surface area contributed by atoms with Gasteiger partial charge in [-0.05, 0) is 24.3 Å². The minimum absolute atomic E-state index is 0. The topological polar surface area (TPSA) is 88.5 Å². The van der Waals surface area contributed by atoms with Crippen LogP contribution in [-0.2, 0) is 0 Å². The Hall–Kier alpha value is -2.80. The fourth-order valence-electron chi connectivity index (χ4n) is 2.90. The number of carbonyl (C=O) groups excluding carboxylic acids is 1. The number of benzene rings is 1. The molecule has 1 aliphatic rings. The number of hydrogen-bond donors (Lipinski definition) is 1. The molecule has 0 aliphatic carbocycles. The lowest BCUT2D eigenvalue weighted by Crippen LogP contribution is -3.00. The Bertz CT molecular complexity index is 876. The number of hydrogen-bond acceptors (Lipinski definition) is 6. The van der Waals surface area contributed by atoms with Gasteiger partial charge in [0.25, 0.3) is 5.91 Å². The number of aromatic nitrogens is 2. The number of anilines is 2. The minimum atomic E-state index is -0.0846. The van der Waals surface area contributed by atoms with Gasteiger partial charge in [-0.25, -0.2) is 4.98 Å². The molecule has 2 N–H and O–H groups in total. The molecule has 0 atom stereocenters. The van der Waals surface area contributed by atoms with Crippen LogP contribution in [0.2, 0.25) is 0 Å². The first kappa shape index (κ1) is 17.0. The van der Waals surface area contributed by atoms with E-state index in [-0.39, 0.29) is 18.3 Å². The van der Waals surface area contributed by atoms with Gasteiger partial charge < -0.3 is 32.4 Å². The number of nitrogens with zero attached hydrogens (tertiary/aromatic N) is 4. The van der Waals surface area contributed by atoms with Crippen molar-refractivity contribution in [3.63, 3.8) is 0 Å². The lowest BCUT2D eigenvalue weighted by Gasteiger charge is -2.34. The highest BCUT2D eigenvalue weighted by Crippen LogP contribution is 2.22. The average Bonchev–Trinajstić information content (AvgIpc) is 3.16. The van der Waals surface area contributed by atoms with Crippen molar-refractivity contribution in [2.24, 2.45) is 0 Å². The molecule has 1 aliphatic heterocycles. The Morgan fingerprint density at radius 2 is 1.80 bits per heavy atom. The second-order valence-corrected chi connectivity index (χ2v) is 5.68. The van der Waals surface area contributed by atoms with E-state index in [1.807, 2.05) is 24.3 Å². The van der Waals surface area contributed by atoms with Crippen LogP contribution in [0.4, 0.5) is 11.8 Å². The lowest BCUT2D eigenvalue weighted by molar-refractivity contribution is -0.0000148. The van der Waals surface area contributed by atoms with Crippen LogP contribution in [0.5, 0.6) is 0 Å². The maximum atomic E-state index is 12.3. The number of furan rings is 1. The molecule has 8 heteroatoms. The van der Waals surface area contributed by atoms with Crippen molar-refractivity contribution in [2.45, 2.75) is 0 Å². The summed E-state index contributed by atoms with van der Waals surface area (Å²) in [6, 6.07) is 11.1. The number of rotatable bonds is 2. The van der Waals surface area contributed by atoms with Crippen molar-refractivity contribution >= 4 is 28.6 Å². The van der Waals surface area contributed by atoms with E-state index in [4.69, 9.17) is 10.2 Å². The van der Waals surface area contributed by atoms with E-state index in [0.29, 0.717) is 43.7 Å². The molecule has 130 valence electrons. The predicted molar refractivity (Wildman–Crippen MR) is 90.8 cm³/mol. The molecular formula is C17H17ClN5O2-. The van der Waals surface area contributed by atoms with E-state index in [1.165, 1.54) is 6.26 Å². The van der Waals surface area contributed by atoms with Gasteiger partial charge in [0.1, 0.15) is 5.82 Å². The van der Waals surface area contributed by atoms with Gasteiger partial charge in [0.05, 0.1) is 11.8 Å². The van der Waals surface area contributed by atoms with Crippen molar-refractivity contribution in [1.82, 2.24) is 14.9 Å². The third-order valence-electron chi connectivity index (χ3n) is 4.20. The van der Waals surface area contributed by atoms with Gasteiger partial charge in [0.2, 0.25) is 5.95 Å². The number of halogens is 1. The van der Waals surface area contributed by atoms with Crippen LogP contribution < -0.4 is 23.0 Å². The summed E-state index contributed by atoms with van der Waals surface area (Å²) in [5.74, 6) is 1.37. The van der Waals surface area contributed by atoms with Crippen LogP contribution in [0.3, 0.4) is 0 Å². The molecule has 1 fully saturated rings. The summed E-state index contributed by atoms with van der Waals surface area (Å²) in [7, 11) is 0. The molecule has 0 bridgehead atoms. The average molecular weight is 359 g/mol. The molecule has 1 amide bonds. The molecule has 3 heterocycles. The molecule has 0 saturated carbocycles. The number of carbonyl (C=O) groups is 1. The second-order valence-electron chi connectivity index (χ2n) is 5.68. The van der Waals surface area contributed by atoms with Crippen LogP contribution in [0, 0.1) is 0 Å². The highest BCUT2D eigenvalue weighted by Gasteiger charge is 2.25. The summed E-state index contributed by atoms with van der Waals surface area (Å²) in [6.45, 7) is 2.50. The zero-order valence-corrected chi connectivity index (χ0v) is 14.2. The highest BCUT2D eigenvalue weighted by atomic mass is 35.5. The Morgan fingerprint density at radius 3 is 2.52 bits per heavy atom. The van der Waals surface area contributed by atoms with Gasteiger partial charge in [0.15, 0.2) is 5.76 Å². The van der Waals surface area contributed by atoms with Crippen LogP contribution in [0.1, 0.15) is 10.6 Å². The maximum absolute atomic E-state index is 12.3. The SMILES string of the molecule is Nc1nc(N2CCN(C(=O)c3ccco3)CC2)nc2ccccc12.[Cl-]. The first-order valence-electron chi connectivity index (χ1n) is 7.82. The molecule has 4 rings (SSSR count). The maximum Gasteiger partial charge on any atom is 0.289 e. The van der Waals surface area contributed by atoms with Gasteiger partial charge in [-0.2, -0.15) is 4.98 Å². The van der Waals surface area contributed by atoms with E-state index < -0.39 is 0 Å². The molecule has 3 aromatic rings. The quantitative estimate of drug-likeness (QED) is 0.617. The van der Waals surface area contributed by atoms with E-state index >= 15 is 0 Å². The number of piperazine rings is 1. The molecule has 0 spiro atoms. The number of para-hydroxylation sites is 1. The van der Waals surface area contributed by atoms with Crippen molar-refractivity contribution in [1.29, 1.82) is 0 Å². The van der Waals surface area contributed by atoms with Gasteiger partial charge in [-0.15, -0.1) is 0 Å². The fourth-order valence-corrected chi connectivity index (χ4v) is 2.90. The normalized spacial score (nSPS) is 14.4. The number of amides is 1. The Labute approximate surface area is 150 Å². The molecular weight excluding hydrogens is 342 g/mol. The third-order valence-corrected chi connectivity index (χ3v) is 4.20. The summed E-state index contributed by atoms with van der Waals surface area (Å²) >= 11 is 0. The highest BCUT2D eigenvalue weighted by molar-refractivity contribution is 5.91. The Kier molecular flexibility index (Phi) is 4.76. The lowest BCUT2D eigenvalue weighted by atomic mass is 10.2. The summed E-state index contributed by atoms with van der Waals surface area (Å²) in [6.07, 6.45) is 1.51.